The molecule has 0 aliphatic carbocycles. The van der Waals surface area contributed by atoms with Crippen molar-refractivity contribution in [3.63, 3.8) is 0 Å². The summed E-state index contributed by atoms with van der Waals surface area (Å²) in [6.45, 7) is 0.0679. The van der Waals surface area contributed by atoms with Crippen LogP contribution in [0.1, 0.15) is 5.89 Å². The molecule has 1 aromatic heterocycles. The maximum Gasteiger partial charge on any atom is 0.214 e. The first kappa shape index (κ1) is 14.5. The van der Waals surface area contributed by atoms with Crippen molar-refractivity contribution in [2.45, 2.75) is 6.54 Å². The number of nitrogens with one attached hydrogen (secondary N) is 1. The highest BCUT2D eigenvalue weighted by Gasteiger charge is 2.10. The third kappa shape index (κ3) is 3.09. The molecule has 0 radical (unpaired) electrons. The second-order valence-corrected chi connectivity index (χ2v) is 5.02. The van der Waals surface area contributed by atoms with E-state index in [1.165, 1.54) is 18.2 Å². The number of anilines is 1. The zero-order chi connectivity index (χ0) is 15.5. The highest BCUT2D eigenvalue weighted by molar-refractivity contribution is 6.30. The number of hydrogen-bond acceptors (Lipinski definition) is 3. The molecule has 112 valence electrons. The Hall–Kier alpha value is -2.40. The van der Waals surface area contributed by atoms with Crippen LogP contribution in [0.2, 0.25) is 5.02 Å². The predicted octanol–water partition coefficient (Wildman–Crippen LogP) is 4.89. The van der Waals surface area contributed by atoms with Crippen molar-refractivity contribution in [3.8, 4) is 11.3 Å². The largest absolute Gasteiger partial charge is 0.439 e. The minimum absolute atomic E-state index is 0.0679. The van der Waals surface area contributed by atoms with Crippen LogP contribution >= 0.6 is 11.6 Å². The first-order valence-corrected chi connectivity index (χ1v) is 6.90. The van der Waals surface area contributed by atoms with E-state index in [1.807, 2.05) is 6.07 Å². The molecular formula is C16H11ClF2N2O. The highest BCUT2D eigenvalue weighted by Crippen LogP contribution is 2.24. The molecule has 1 heterocycles. The molecule has 0 aliphatic rings. The lowest BCUT2D eigenvalue weighted by Gasteiger charge is -2.06. The van der Waals surface area contributed by atoms with E-state index in [0.29, 0.717) is 16.7 Å². The second kappa shape index (κ2) is 6.15. The van der Waals surface area contributed by atoms with Crippen LogP contribution in [0.5, 0.6) is 0 Å². The number of nitrogens with zero attached hydrogens (tertiary/aromatic N) is 1. The van der Waals surface area contributed by atoms with Gasteiger partial charge in [-0.05, 0) is 24.3 Å². The van der Waals surface area contributed by atoms with Crippen molar-refractivity contribution in [2.75, 3.05) is 5.32 Å². The van der Waals surface area contributed by atoms with E-state index in [9.17, 15) is 8.78 Å². The summed E-state index contributed by atoms with van der Waals surface area (Å²) in [7, 11) is 0. The number of benzene rings is 2. The molecule has 6 heteroatoms. The Morgan fingerprint density at radius 2 is 1.82 bits per heavy atom. The number of rotatable bonds is 4. The summed E-state index contributed by atoms with van der Waals surface area (Å²) in [6, 6.07) is 10.8. The van der Waals surface area contributed by atoms with Crippen LogP contribution in [0, 0.1) is 11.6 Å². The number of halogens is 3. The Morgan fingerprint density at radius 1 is 1.09 bits per heavy atom. The molecule has 0 unspecified atom stereocenters. The molecule has 3 nitrogen and oxygen atoms in total. The number of para-hydroxylation sites is 1. The molecule has 0 saturated carbocycles. The summed E-state index contributed by atoms with van der Waals surface area (Å²) in [5.74, 6) is -0.478. The van der Waals surface area contributed by atoms with E-state index in [4.69, 9.17) is 16.0 Å². The fraction of sp³-hybridized carbons (Fsp3) is 0.0625. The number of aromatic nitrogens is 1. The van der Waals surface area contributed by atoms with Crippen LogP contribution < -0.4 is 5.32 Å². The summed E-state index contributed by atoms with van der Waals surface area (Å²) < 4.78 is 32.5. The standard InChI is InChI=1S/C16H11ClF2N2O/c17-11-4-1-3-10(7-11)14-8-20-15(22-14)9-21-16-12(18)5-2-6-13(16)19/h1-8,21H,9H2. The Kier molecular flexibility index (Phi) is 4.06. The zero-order valence-corrected chi connectivity index (χ0v) is 12.1. The SMILES string of the molecule is Fc1cccc(F)c1NCc1ncc(-c2cccc(Cl)c2)o1. The summed E-state index contributed by atoms with van der Waals surface area (Å²) in [5.41, 5.74) is 0.577. The van der Waals surface area contributed by atoms with Crippen LogP contribution in [0.15, 0.2) is 53.1 Å². The lowest BCUT2D eigenvalue weighted by atomic mass is 10.2. The van der Waals surface area contributed by atoms with Gasteiger partial charge >= 0.3 is 0 Å². The average molecular weight is 321 g/mol. The van der Waals surface area contributed by atoms with Crippen molar-refractivity contribution >= 4 is 17.3 Å². The van der Waals surface area contributed by atoms with Gasteiger partial charge in [0.2, 0.25) is 5.89 Å². The van der Waals surface area contributed by atoms with Crippen LogP contribution in [-0.4, -0.2) is 4.98 Å². The van der Waals surface area contributed by atoms with E-state index >= 15 is 0 Å². The van der Waals surface area contributed by atoms with E-state index in [0.717, 1.165) is 5.56 Å². The molecule has 0 atom stereocenters. The molecule has 0 bridgehead atoms. The average Bonchev–Trinajstić information content (AvgIpc) is 2.96. The van der Waals surface area contributed by atoms with Crippen LogP contribution in [0.3, 0.4) is 0 Å². The quantitative estimate of drug-likeness (QED) is 0.744. The number of hydrogen-bond donors (Lipinski definition) is 1. The molecule has 3 rings (SSSR count). The minimum atomic E-state index is -0.665. The van der Waals surface area contributed by atoms with Crippen LogP contribution in [0.25, 0.3) is 11.3 Å². The van der Waals surface area contributed by atoms with Gasteiger partial charge in [0.15, 0.2) is 5.76 Å². The van der Waals surface area contributed by atoms with E-state index in [1.54, 1.807) is 24.4 Å². The first-order chi connectivity index (χ1) is 10.6. The first-order valence-electron chi connectivity index (χ1n) is 6.52. The fourth-order valence-corrected chi connectivity index (χ4v) is 2.19. The van der Waals surface area contributed by atoms with Gasteiger partial charge in [0.05, 0.1) is 12.7 Å². The van der Waals surface area contributed by atoms with Gasteiger partial charge < -0.3 is 9.73 Å². The predicted molar refractivity (Wildman–Crippen MR) is 80.6 cm³/mol. The molecular weight excluding hydrogens is 310 g/mol. The topological polar surface area (TPSA) is 38.1 Å². The van der Waals surface area contributed by atoms with Crippen molar-refractivity contribution in [3.05, 3.63) is 71.2 Å². The number of oxazole rings is 1. The Morgan fingerprint density at radius 3 is 2.55 bits per heavy atom. The lowest BCUT2D eigenvalue weighted by Crippen LogP contribution is -2.03. The van der Waals surface area contributed by atoms with Gasteiger partial charge in [0.25, 0.3) is 0 Å². The summed E-state index contributed by atoms with van der Waals surface area (Å²) in [5, 5.41) is 3.23. The zero-order valence-electron chi connectivity index (χ0n) is 11.3. The van der Waals surface area contributed by atoms with E-state index in [2.05, 4.69) is 10.3 Å². The second-order valence-electron chi connectivity index (χ2n) is 4.58. The van der Waals surface area contributed by atoms with Gasteiger partial charge in [-0.2, -0.15) is 0 Å². The lowest BCUT2D eigenvalue weighted by molar-refractivity contribution is 0.513. The highest BCUT2D eigenvalue weighted by atomic mass is 35.5. The van der Waals surface area contributed by atoms with Crippen LogP contribution in [-0.2, 0) is 6.54 Å². The monoisotopic (exact) mass is 320 g/mol. The van der Waals surface area contributed by atoms with Gasteiger partial charge in [0.1, 0.15) is 17.3 Å². The molecule has 0 spiro atoms. The molecule has 0 fully saturated rings. The fourth-order valence-electron chi connectivity index (χ4n) is 2.00. The van der Waals surface area contributed by atoms with Crippen molar-refractivity contribution < 1.29 is 13.2 Å². The summed E-state index contributed by atoms with van der Waals surface area (Å²) in [6.07, 6.45) is 1.54. The van der Waals surface area contributed by atoms with Crippen LogP contribution in [0.4, 0.5) is 14.5 Å². The normalized spacial score (nSPS) is 10.7. The third-order valence-electron chi connectivity index (χ3n) is 3.04. The smallest absolute Gasteiger partial charge is 0.214 e. The summed E-state index contributed by atoms with van der Waals surface area (Å²) in [4.78, 5) is 4.08. The van der Waals surface area contributed by atoms with Gasteiger partial charge in [-0.15, -0.1) is 0 Å². The molecule has 0 aliphatic heterocycles. The van der Waals surface area contributed by atoms with Crippen molar-refractivity contribution in [2.24, 2.45) is 0 Å². The van der Waals surface area contributed by atoms with Gasteiger partial charge in [-0.1, -0.05) is 29.8 Å². The summed E-state index contributed by atoms with van der Waals surface area (Å²) >= 11 is 5.92. The molecule has 3 aromatic rings. The third-order valence-corrected chi connectivity index (χ3v) is 3.28. The van der Waals surface area contributed by atoms with Gasteiger partial charge in [-0.3, -0.25) is 0 Å². The van der Waals surface area contributed by atoms with E-state index in [-0.39, 0.29) is 12.2 Å². The molecule has 22 heavy (non-hydrogen) atoms. The molecule has 0 amide bonds. The minimum Gasteiger partial charge on any atom is -0.439 e. The van der Waals surface area contributed by atoms with Crippen molar-refractivity contribution in [1.82, 2.24) is 4.98 Å². The Labute approximate surface area is 130 Å². The molecule has 0 saturated heterocycles. The Bertz CT molecular complexity index is 784. The van der Waals surface area contributed by atoms with E-state index < -0.39 is 11.6 Å². The maximum absolute atomic E-state index is 13.5. The van der Waals surface area contributed by atoms with Gasteiger partial charge in [0, 0.05) is 10.6 Å². The van der Waals surface area contributed by atoms with Crippen molar-refractivity contribution in [1.29, 1.82) is 0 Å². The molecule has 2 aromatic carbocycles. The van der Waals surface area contributed by atoms with Gasteiger partial charge in [-0.25, -0.2) is 13.8 Å². The maximum atomic E-state index is 13.5. The Balaban J connectivity index is 1.75. The molecule has 1 N–H and O–H groups in total.